The number of carboxylic acid groups (broad SMARTS) is 2. The molecule has 2 aromatic carbocycles. The van der Waals surface area contributed by atoms with Crippen molar-refractivity contribution in [2.45, 2.75) is 59.0 Å². The molecule has 45 heavy (non-hydrogen) atoms. The number of amides is 1. The van der Waals surface area contributed by atoms with Crippen molar-refractivity contribution in [1.29, 1.82) is 0 Å². The smallest absolute Gasteiger partial charge is 0.550 e. The molecule has 1 aromatic heterocycles. The SMILES string of the molecule is CC(=O)[O-].CC(=O)[O-].COc1cc(-c2cnn(C)c2)cc([C@@H](C)NC(=O)c2cc(N3CC(N4CCCCC4)C3)ccc2C)c1.[Pd+2]. The van der Waals surface area contributed by atoms with Gasteiger partial charge in [0.25, 0.3) is 5.91 Å². The third-order valence-corrected chi connectivity index (χ3v) is 7.65. The second-order valence-corrected chi connectivity index (χ2v) is 11.2. The van der Waals surface area contributed by atoms with Gasteiger partial charge < -0.3 is 34.8 Å². The molecule has 2 aliphatic heterocycles. The zero-order valence-electron chi connectivity index (χ0n) is 26.8. The third-order valence-electron chi connectivity index (χ3n) is 7.65. The first-order valence-corrected chi connectivity index (χ1v) is 14.8. The second kappa shape index (κ2) is 17.7. The van der Waals surface area contributed by atoms with Crippen LogP contribution in [-0.2, 0) is 37.1 Å². The van der Waals surface area contributed by atoms with Crippen molar-refractivity contribution in [2.24, 2.45) is 7.05 Å². The number of nitrogens with zero attached hydrogens (tertiary/aromatic N) is 4. The number of carbonyl (C=O) groups excluding carboxylic acids is 3. The number of hydrogen-bond donors (Lipinski definition) is 1. The number of aliphatic carboxylic acids is 2. The van der Waals surface area contributed by atoms with Crippen molar-refractivity contribution < 1.29 is 49.8 Å². The van der Waals surface area contributed by atoms with Crippen LogP contribution in [0.5, 0.6) is 5.75 Å². The second-order valence-electron chi connectivity index (χ2n) is 11.2. The van der Waals surface area contributed by atoms with Crippen LogP contribution < -0.4 is 25.2 Å². The van der Waals surface area contributed by atoms with Crippen molar-refractivity contribution in [3.8, 4) is 16.9 Å². The number of aryl methyl sites for hydroxylation is 2. The summed E-state index contributed by atoms with van der Waals surface area (Å²) in [6, 6.07) is 12.8. The number of anilines is 1. The minimum atomic E-state index is -1.08. The fourth-order valence-electron chi connectivity index (χ4n) is 5.32. The molecule has 0 aliphatic carbocycles. The molecular formula is C33H43N5O6Pd. The van der Waals surface area contributed by atoms with E-state index in [1.807, 2.05) is 45.4 Å². The Balaban J connectivity index is 0.000000704. The van der Waals surface area contributed by atoms with Gasteiger partial charge in [-0.3, -0.25) is 14.4 Å². The Hall–Kier alpha value is -3.72. The maximum atomic E-state index is 13.4. The van der Waals surface area contributed by atoms with E-state index in [0.29, 0.717) is 6.04 Å². The van der Waals surface area contributed by atoms with Gasteiger partial charge in [0.1, 0.15) is 5.75 Å². The number of benzene rings is 2. The molecule has 3 aromatic rings. The summed E-state index contributed by atoms with van der Waals surface area (Å²) < 4.78 is 7.33. The molecule has 0 bridgehead atoms. The molecule has 5 rings (SSSR count). The molecule has 3 heterocycles. The Morgan fingerprint density at radius 1 is 0.978 bits per heavy atom. The van der Waals surface area contributed by atoms with Crippen LogP contribution >= 0.6 is 0 Å². The Bertz CT molecular complexity index is 1410. The monoisotopic (exact) mass is 711 g/mol. The summed E-state index contributed by atoms with van der Waals surface area (Å²) in [4.78, 5) is 36.2. The molecule has 1 atom stereocenters. The predicted octanol–water partition coefficient (Wildman–Crippen LogP) is 2.08. The van der Waals surface area contributed by atoms with E-state index in [0.717, 1.165) is 66.2 Å². The van der Waals surface area contributed by atoms with E-state index in [2.05, 4.69) is 44.5 Å². The topological polar surface area (TPSA) is 143 Å². The van der Waals surface area contributed by atoms with Gasteiger partial charge in [-0.05, 0) is 101 Å². The van der Waals surface area contributed by atoms with Crippen LogP contribution in [0.4, 0.5) is 5.69 Å². The quantitative estimate of drug-likeness (QED) is 0.365. The summed E-state index contributed by atoms with van der Waals surface area (Å²) in [6.07, 6.45) is 7.81. The normalized spacial score (nSPS) is 15.1. The minimum Gasteiger partial charge on any atom is -0.550 e. The summed E-state index contributed by atoms with van der Waals surface area (Å²) in [6.45, 7) is 10.5. The van der Waals surface area contributed by atoms with Gasteiger partial charge in [0.05, 0.1) is 19.3 Å². The van der Waals surface area contributed by atoms with Gasteiger partial charge in [0.15, 0.2) is 0 Å². The Morgan fingerprint density at radius 2 is 1.60 bits per heavy atom. The van der Waals surface area contributed by atoms with Crippen LogP contribution in [0.1, 0.15) is 67.6 Å². The largest absolute Gasteiger partial charge is 2.00 e. The van der Waals surface area contributed by atoms with Crippen molar-refractivity contribution in [1.82, 2.24) is 20.0 Å². The summed E-state index contributed by atoms with van der Waals surface area (Å²) in [5.74, 6) is -1.47. The standard InChI is InChI=1S/C29H37N5O2.2C2H4O2.Pd/c1-20-8-9-25(34-18-26(19-34)33-10-6-5-7-11-33)15-28(20)29(35)31-21(2)22-12-23(14-27(13-22)36-4)24-16-30-32(3)17-24;2*1-2(3)4;/h8-9,12-17,21,26H,5-7,10-11,18-19H2,1-4H3,(H,31,35);2*1H3,(H,3,4);/q;;;+2/p-2/t21-;;;/m1.../s1. The van der Waals surface area contributed by atoms with Crippen LogP contribution in [-0.4, -0.2) is 71.9 Å². The van der Waals surface area contributed by atoms with Crippen LogP contribution in [0.25, 0.3) is 11.1 Å². The number of rotatable bonds is 7. The van der Waals surface area contributed by atoms with Crippen LogP contribution in [0.2, 0.25) is 0 Å². The van der Waals surface area contributed by atoms with Gasteiger partial charge in [-0.25, -0.2) is 0 Å². The van der Waals surface area contributed by atoms with Gasteiger partial charge in [-0.2, -0.15) is 5.10 Å². The van der Waals surface area contributed by atoms with Gasteiger partial charge in [-0.1, -0.05) is 12.5 Å². The average molecular weight is 712 g/mol. The summed E-state index contributed by atoms with van der Waals surface area (Å²) in [5.41, 5.74) is 5.86. The van der Waals surface area contributed by atoms with Gasteiger partial charge in [0, 0.05) is 61.1 Å². The zero-order valence-corrected chi connectivity index (χ0v) is 28.3. The molecule has 1 N–H and O–H groups in total. The van der Waals surface area contributed by atoms with Crippen molar-refractivity contribution in [3.63, 3.8) is 0 Å². The van der Waals surface area contributed by atoms with E-state index in [-0.39, 0.29) is 32.4 Å². The Morgan fingerprint density at radius 3 is 2.16 bits per heavy atom. The number of methoxy groups -OCH3 is 1. The maximum Gasteiger partial charge on any atom is 2.00 e. The molecule has 0 saturated carbocycles. The van der Waals surface area contributed by atoms with E-state index in [9.17, 15) is 4.79 Å². The number of ether oxygens (including phenoxy) is 1. The van der Waals surface area contributed by atoms with E-state index >= 15 is 0 Å². The fourth-order valence-corrected chi connectivity index (χ4v) is 5.32. The van der Waals surface area contributed by atoms with E-state index in [1.165, 1.54) is 32.4 Å². The molecule has 0 spiro atoms. The average Bonchev–Trinajstić information content (AvgIpc) is 3.39. The first-order chi connectivity index (χ1) is 20.9. The predicted molar refractivity (Wildman–Crippen MR) is 165 cm³/mol. The van der Waals surface area contributed by atoms with E-state index in [4.69, 9.17) is 24.5 Å². The Kier molecular flexibility index (Phi) is 14.7. The molecule has 1 amide bonds. The van der Waals surface area contributed by atoms with Gasteiger partial charge in [0.2, 0.25) is 0 Å². The van der Waals surface area contributed by atoms with Gasteiger partial charge >= 0.3 is 20.4 Å². The van der Waals surface area contributed by atoms with E-state index in [1.54, 1.807) is 11.8 Å². The van der Waals surface area contributed by atoms with Crippen molar-refractivity contribution >= 4 is 23.5 Å². The zero-order chi connectivity index (χ0) is 32.4. The summed E-state index contributed by atoms with van der Waals surface area (Å²) >= 11 is 0. The van der Waals surface area contributed by atoms with Crippen LogP contribution in [0.15, 0.2) is 48.8 Å². The van der Waals surface area contributed by atoms with Crippen molar-refractivity contribution in [3.05, 3.63) is 65.5 Å². The number of hydrogen-bond acceptors (Lipinski definition) is 9. The number of piperidine rings is 1. The molecule has 2 saturated heterocycles. The minimum absolute atomic E-state index is 0. The third kappa shape index (κ3) is 11.3. The van der Waals surface area contributed by atoms with Crippen molar-refractivity contribution in [2.75, 3.05) is 38.2 Å². The first-order valence-electron chi connectivity index (χ1n) is 14.8. The molecule has 0 unspecified atom stereocenters. The summed E-state index contributed by atoms with van der Waals surface area (Å²) in [7, 11) is 3.56. The maximum absolute atomic E-state index is 13.4. The Labute approximate surface area is 279 Å². The molecule has 2 fully saturated rings. The first kappa shape index (κ1) is 37.5. The molecule has 2 aliphatic rings. The van der Waals surface area contributed by atoms with Crippen LogP contribution in [0, 0.1) is 6.92 Å². The number of aromatic nitrogens is 2. The molecule has 12 heteroatoms. The fraction of sp³-hybridized carbons (Fsp3) is 0.455. The summed E-state index contributed by atoms with van der Waals surface area (Å²) in [5, 5.41) is 25.3. The number of nitrogens with one attached hydrogen (secondary N) is 1. The van der Waals surface area contributed by atoms with E-state index < -0.39 is 11.9 Å². The number of likely N-dealkylation sites (tertiary alicyclic amines) is 1. The molecule has 11 nitrogen and oxygen atoms in total. The van der Waals surface area contributed by atoms with Crippen LogP contribution in [0.3, 0.4) is 0 Å². The van der Waals surface area contributed by atoms with Gasteiger partial charge in [-0.15, -0.1) is 0 Å². The molecule has 0 radical (unpaired) electrons. The number of carbonyl (C=O) groups is 3. The molecule has 246 valence electrons. The number of carboxylic acids is 2. The molecular weight excluding hydrogens is 669 g/mol.